The van der Waals surface area contributed by atoms with Gasteiger partial charge in [-0.1, -0.05) is 144 Å². The summed E-state index contributed by atoms with van der Waals surface area (Å²) in [6.07, 6.45) is 0. The van der Waals surface area contributed by atoms with Gasteiger partial charge in [0.2, 0.25) is 0 Å². The van der Waals surface area contributed by atoms with Crippen LogP contribution in [0.2, 0.25) is 0 Å². The first-order chi connectivity index (χ1) is 27.8. The smallest absolute Gasteiger partial charge is 0.252 e. The molecule has 0 amide bonds. The average molecular weight is 706 g/mol. The molecule has 0 N–H and O–H groups in total. The molecule has 0 atom stereocenters. The SMILES string of the molecule is c1ccc(-c2cc3c4c(c2)-c2ccc5cc6c7c(ccc8cc(c2c5c87)B4c2ccccc2O3)-c2cc(-c3ccccc3)cc3c2B6c2ccccc2O3)cc1. The van der Waals surface area contributed by atoms with Gasteiger partial charge in [-0.05, 0) is 135 Å². The van der Waals surface area contributed by atoms with Crippen molar-refractivity contribution in [1.82, 2.24) is 0 Å². The summed E-state index contributed by atoms with van der Waals surface area (Å²) in [4.78, 5) is 0. The lowest BCUT2D eigenvalue weighted by Gasteiger charge is -2.37. The lowest BCUT2D eigenvalue weighted by molar-refractivity contribution is 0.487. The van der Waals surface area contributed by atoms with Crippen molar-refractivity contribution in [3.05, 3.63) is 170 Å². The number of benzene rings is 10. The third-order valence-corrected chi connectivity index (χ3v) is 13.1. The van der Waals surface area contributed by atoms with Crippen LogP contribution in [0.4, 0.5) is 0 Å². The Morgan fingerprint density at radius 2 is 0.714 bits per heavy atom. The van der Waals surface area contributed by atoms with Crippen LogP contribution in [0.5, 0.6) is 23.0 Å². The van der Waals surface area contributed by atoms with Crippen molar-refractivity contribution in [3.8, 4) is 67.5 Å². The first-order valence-corrected chi connectivity index (χ1v) is 19.6. The molecule has 0 aliphatic carbocycles. The van der Waals surface area contributed by atoms with E-state index in [1.54, 1.807) is 0 Å². The third-order valence-electron chi connectivity index (χ3n) is 13.1. The Bertz CT molecular complexity index is 3150. The molecule has 4 aliphatic heterocycles. The third kappa shape index (κ3) is 3.65. The van der Waals surface area contributed by atoms with E-state index in [0.29, 0.717) is 0 Å². The molecule has 10 aromatic carbocycles. The molecule has 4 heteroatoms. The van der Waals surface area contributed by atoms with E-state index in [2.05, 4.69) is 170 Å². The maximum atomic E-state index is 6.81. The molecular weight excluding hydrogens is 678 g/mol. The van der Waals surface area contributed by atoms with Crippen molar-refractivity contribution in [2.24, 2.45) is 0 Å². The molecule has 0 saturated heterocycles. The van der Waals surface area contributed by atoms with Crippen LogP contribution in [-0.4, -0.2) is 13.4 Å². The monoisotopic (exact) mass is 706 g/mol. The molecule has 0 saturated carbocycles. The van der Waals surface area contributed by atoms with Crippen molar-refractivity contribution < 1.29 is 9.47 Å². The summed E-state index contributed by atoms with van der Waals surface area (Å²) < 4.78 is 13.6. The number of fused-ring (bicyclic) bond motifs is 8. The van der Waals surface area contributed by atoms with Crippen LogP contribution in [0.3, 0.4) is 0 Å². The molecule has 2 nitrogen and oxygen atoms in total. The van der Waals surface area contributed by atoms with E-state index in [0.717, 1.165) is 23.0 Å². The summed E-state index contributed by atoms with van der Waals surface area (Å²) in [6.45, 7) is 0.116. The summed E-state index contributed by atoms with van der Waals surface area (Å²) >= 11 is 0. The highest BCUT2D eigenvalue weighted by Crippen LogP contribution is 2.47. The largest absolute Gasteiger partial charge is 0.458 e. The van der Waals surface area contributed by atoms with Crippen molar-refractivity contribution >= 4 is 78.5 Å². The van der Waals surface area contributed by atoms with Gasteiger partial charge in [-0.15, -0.1) is 0 Å². The summed E-state index contributed by atoms with van der Waals surface area (Å²) in [6, 6.07) is 62.6. The lowest BCUT2D eigenvalue weighted by Crippen LogP contribution is -2.58. The Balaban J connectivity index is 1.13. The highest BCUT2D eigenvalue weighted by molar-refractivity contribution is 7.01. The van der Waals surface area contributed by atoms with Gasteiger partial charge in [-0.2, -0.15) is 0 Å². The van der Waals surface area contributed by atoms with Crippen molar-refractivity contribution in [1.29, 1.82) is 0 Å². The first kappa shape index (κ1) is 29.3. The molecular formula is C52H28B2O2. The molecule has 10 aromatic rings. The van der Waals surface area contributed by atoms with Gasteiger partial charge < -0.3 is 9.47 Å². The predicted octanol–water partition coefficient (Wildman–Crippen LogP) is 9.12. The molecule has 254 valence electrons. The average Bonchev–Trinajstić information content (AvgIpc) is 3.26. The fourth-order valence-corrected chi connectivity index (χ4v) is 10.9. The fraction of sp³-hybridized carbons (Fsp3) is 0. The molecule has 56 heavy (non-hydrogen) atoms. The zero-order chi connectivity index (χ0) is 36.2. The minimum Gasteiger partial charge on any atom is -0.458 e. The standard InChI is InChI=1S/C52H28B2O2/c1-3-11-29(12-4-1)33-23-37-35-21-19-31-26-42-50-36(38-24-34(30-13-5-2-6-14-30)28-46-52(38)54(42)40-16-8-10-18-44(40)56-46)22-20-32-25-41(49(35)47(31)48(32)50)53-39-15-7-9-17-43(39)55-45(27-33)51(37)53/h1-28H. The second-order valence-corrected chi connectivity index (χ2v) is 15.9. The van der Waals surface area contributed by atoms with Gasteiger partial charge in [0, 0.05) is 0 Å². The van der Waals surface area contributed by atoms with Crippen LogP contribution in [0.1, 0.15) is 0 Å². The van der Waals surface area contributed by atoms with E-state index in [4.69, 9.17) is 9.47 Å². The number of hydrogen-bond acceptors (Lipinski definition) is 2. The van der Waals surface area contributed by atoms with Gasteiger partial charge >= 0.3 is 0 Å². The number of hydrogen-bond donors (Lipinski definition) is 0. The van der Waals surface area contributed by atoms with E-state index < -0.39 is 0 Å². The van der Waals surface area contributed by atoms with Gasteiger partial charge in [-0.25, -0.2) is 0 Å². The minimum absolute atomic E-state index is 0.0578. The normalized spacial score (nSPS) is 13.6. The minimum atomic E-state index is 0.0578. The van der Waals surface area contributed by atoms with Crippen molar-refractivity contribution in [2.45, 2.75) is 0 Å². The number of ether oxygens (including phenoxy) is 2. The topological polar surface area (TPSA) is 18.5 Å². The Labute approximate surface area is 324 Å². The van der Waals surface area contributed by atoms with Gasteiger partial charge in [0.15, 0.2) is 0 Å². The highest BCUT2D eigenvalue weighted by Gasteiger charge is 2.43. The second-order valence-electron chi connectivity index (χ2n) is 15.9. The van der Waals surface area contributed by atoms with Crippen LogP contribution in [0.15, 0.2) is 170 Å². The Kier molecular flexibility index (Phi) is 5.44. The molecule has 0 bridgehead atoms. The maximum absolute atomic E-state index is 6.81. The van der Waals surface area contributed by atoms with E-state index in [1.165, 1.54) is 110 Å². The van der Waals surface area contributed by atoms with Gasteiger partial charge in [0.05, 0.1) is 0 Å². The molecule has 0 spiro atoms. The van der Waals surface area contributed by atoms with Crippen LogP contribution >= 0.6 is 0 Å². The highest BCUT2D eigenvalue weighted by atomic mass is 16.5. The second kappa shape index (κ2) is 10.4. The Hall–Kier alpha value is -7.03. The van der Waals surface area contributed by atoms with Crippen LogP contribution in [-0.2, 0) is 0 Å². The molecule has 0 unspecified atom stereocenters. The van der Waals surface area contributed by atoms with Gasteiger partial charge in [-0.3, -0.25) is 0 Å². The van der Waals surface area contributed by atoms with Gasteiger partial charge in [0.1, 0.15) is 23.0 Å². The fourth-order valence-electron chi connectivity index (χ4n) is 10.9. The molecule has 0 aromatic heterocycles. The quantitative estimate of drug-likeness (QED) is 0.132. The van der Waals surface area contributed by atoms with Crippen LogP contribution in [0, 0.1) is 0 Å². The summed E-state index contributed by atoms with van der Waals surface area (Å²) in [5, 5.41) is 8.02. The molecule has 4 aliphatic rings. The molecule has 4 heterocycles. The van der Waals surface area contributed by atoms with Crippen LogP contribution < -0.4 is 42.3 Å². The molecule has 14 rings (SSSR count). The Morgan fingerprint density at radius 3 is 1.18 bits per heavy atom. The molecule has 0 fully saturated rings. The van der Waals surface area contributed by atoms with Crippen molar-refractivity contribution in [2.75, 3.05) is 0 Å². The summed E-state index contributed by atoms with van der Waals surface area (Å²) in [7, 11) is 0. The van der Waals surface area contributed by atoms with Gasteiger partial charge in [0.25, 0.3) is 13.4 Å². The summed E-state index contributed by atoms with van der Waals surface area (Å²) in [5.74, 6) is 3.78. The lowest BCUT2D eigenvalue weighted by atomic mass is 9.32. The number of para-hydroxylation sites is 2. The van der Waals surface area contributed by atoms with E-state index in [9.17, 15) is 0 Å². The van der Waals surface area contributed by atoms with E-state index in [1.807, 2.05) is 0 Å². The zero-order valence-corrected chi connectivity index (χ0v) is 30.1. The number of rotatable bonds is 2. The first-order valence-electron chi connectivity index (χ1n) is 19.6. The zero-order valence-electron chi connectivity index (χ0n) is 30.1. The van der Waals surface area contributed by atoms with Crippen LogP contribution in [0.25, 0.3) is 76.8 Å². The predicted molar refractivity (Wildman–Crippen MR) is 234 cm³/mol. The summed E-state index contributed by atoms with van der Waals surface area (Å²) in [5.41, 5.74) is 17.5. The van der Waals surface area contributed by atoms with Crippen molar-refractivity contribution in [3.63, 3.8) is 0 Å². The molecule has 0 radical (unpaired) electrons. The maximum Gasteiger partial charge on any atom is 0.252 e. The Morgan fingerprint density at radius 1 is 0.286 bits per heavy atom. The van der Waals surface area contributed by atoms with E-state index >= 15 is 0 Å². The van der Waals surface area contributed by atoms with E-state index in [-0.39, 0.29) is 13.4 Å².